The van der Waals surface area contributed by atoms with E-state index in [2.05, 4.69) is 15.5 Å². The van der Waals surface area contributed by atoms with Crippen LogP contribution in [0.25, 0.3) is 0 Å². The second-order valence-corrected chi connectivity index (χ2v) is 3.55. The van der Waals surface area contributed by atoms with Gasteiger partial charge in [-0.05, 0) is 14.0 Å². The topological polar surface area (TPSA) is 47.0 Å². The molecule has 0 fully saturated rings. The van der Waals surface area contributed by atoms with Gasteiger partial charge in [-0.25, -0.2) is 0 Å². The highest BCUT2D eigenvalue weighted by molar-refractivity contribution is 6.32. The maximum absolute atomic E-state index is 5.76. The number of halogens is 2. The summed E-state index contributed by atoms with van der Waals surface area (Å²) in [6, 6.07) is 1.54. The Balaban J connectivity index is 2.70. The minimum absolute atomic E-state index is 0.00207. The van der Waals surface area contributed by atoms with Gasteiger partial charge >= 0.3 is 0 Å². The number of likely N-dealkylation sites (N-methyl/N-ethyl adjacent to an activating group) is 1. The monoisotopic (exact) mass is 235 g/mol. The summed E-state index contributed by atoms with van der Waals surface area (Å²) in [7, 11) is 1.85. The third kappa shape index (κ3) is 3.29. The number of aromatic nitrogens is 2. The van der Waals surface area contributed by atoms with Crippen LogP contribution < -0.4 is 10.1 Å². The van der Waals surface area contributed by atoms with Gasteiger partial charge in [0.2, 0.25) is 0 Å². The van der Waals surface area contributed by atoms with Gasteiger partial charge in [0.05, 0.1) is 0 Å². The highest BCUT2D eigenvalue weighted by Gasteiger charge is 2.09. The standard InChI is InChI=1S/C8H11Cl2N3O/c1-5(4-11-2)14-6-3-7(9)12-13-8(6)10/h3,5,11H,4H2,1-2H3. The van der Waals surface area contributed by atoms with Crippen LogP contribution in [0.3, 0.4) is 0 Å². The molecule has 6 heteroatoms. The maximum Gasteiger partial charge on any atom is 0.193 e. The van der Waals surface area contributed by atoms with E-state index in [4.69, 9.17) is 27.9 Å². The maximum atomic E-state index is 5.76. The second kappa shape index (κ2) is 5.34. The van der Waals surface area contributed by atoms with Crippen molar-refractivity contribution in [3.63, 3.8) is 0 Å². The summed E-state index contributed by atoms with van der Waals surface area (Å²) >= 11 is 11.4. The van der Waals surface area contributed by atoms with Crippen molar-refractivity contribution in [2.24, 2.45) is 0 Å². The van der Waals surface area contributed by atoms with E-state index in [1.807, 2.05) is 14.0 Å². The zero-order chi connectivity index (χ0) is 10.6. The minimum Gasteiger partial charge on any atom is -0.486 e. The van der Waals surface area contributed by atoms with E-state index >= 15 is 0 Å². The zero-order valence-corrected chi connectivity index (χ0v) is 9.43. The molecule has 1 atom stereocenters. The average molecular weight is 236 g/mol. The lowest BCUT2D eigenvalue weighted by Crippen LogP contribution is -2.26. The number of hydrogen-bond donors (Lipinski definition) is 1. The summed E-state index contributed by atoms with van der Waals surface area (Å²) in [6.07, 6.45) is -0.00207. The number of ether oxygens (including phenoxy) is 1. The Morgan fingerprint density at radius 1 is 1.50 bits per heavy atom. The first-order valence-electron chi connectivity index (χ1n) is 4.13. The van der Waals surface area contributed by atoms with Crippen molar-refractivity contribution >= 4 is 23.2 Å². The van der Waals surface area contributed by atoms with Crippen LogP contribution in [0.4, 0.5) is 0 Å². The Hall–Kier alpha value is -0.580. The summed E-state index contributed by atoms with van der Waals surface area (Å²) in [5.74, 6) is 0.453. The van der Waals surface area contributed by atoms with Gasteiger partial charge in [-0.2, -0.15) is 0 Å². The molecular weight excluding hydrogens is 225 g/mol. The third-order valence-corrected chi connectivity index (χ3v) is 1.95. The van der Waals surface area contributed by atoms with Crippen molar-refractivity contribution in [2.75, 3.05) is 13.6 Å². The fourth-order valence-electron chi connectivity index (χ4n) is 0.966. The van der Waals surface area contributed by atoms with Gasteiger partial charge in [0.25, 0.3) is 0 Å². The van der Waals surface area contributed by atoms with Crippen LogP contribution in [0.15, 0.2) is 6.07 Å². The second-order valence-electron chi connectivity index (χ2n) is 2.81. The Kier molecular flexibility index (Phi) is 4.38. The van der Waals surface area contributed by atoms with Crippen LogP contribution in [0.5, 0.6) is 5.75 Å². The van der Waals surface area contributed by atoms with Crippen LogP contribution in [-0.4, -0.2) is 29.9 Å². The summed E-state index contributed by atoms with van der Waals surface area (Å²) in [6.45, 7) is 2.64. The molecule has 1 rings (SSSR count). The van der Waals surface area contributed by atoms with Crippen molar-refractivity contribution in [1.29, 1.82) is 0 Å². The molecule has 0 radical (unpaired) electrons. The van der Waals surface area contributed by atoms with Gasteiger partial charge in [-0.1, -0.05) is 23.2 Å². The lowest BCUT2D eigenvalue weighted by atomic mass is 10.4. The molecule has 0 aliphatic rings. The predicted octanol–water partition coefficient (Wildman–Crippen LogP) is 1.77. The molecular formula is C8H11Cl2N3O. The van der Waals surface area contributed by atoms with Gasteiger partial charge in [0.1, 0.15) is 6.10 Å². The van der Waals surface area contributed by atoms with E-state index in [-0.39, 0.29) is 16.4 Å². The van der Waals surface area contributed by atoms with Gasteiger partial charge in [-0.3, -0.25) is 0 Å². The molecule has 14 heavy (non-hydrogen) atoms. The lowest BCUT2D eigenvalue weighted by Gasteiger charge is -2.14. The fourth-order valence-corrected chi connectivity index (χ4v) is 1.24. The molecule has 1 aromatic heterocycles. The van der Waals surface area contributed by atoms with Crippen molar-refractivity contribution in [1.82, 2.24) is 15.5 Å². The van der Waals surface area contributed by atoms with Crippen LogP contribution >= 0.6 is 23.2 Å². The highest BCUT2D eigenvalue weighted by Crippen LogP contribution is 2.24. The molecule has 78 valence electrons. The summed E-state index contributed by atoms with van der Waals surface area (Å²) < 4.78 is 5.48. The first-order chi connectivity index (χ1) is 6.63. The minimum atomic E-state index is -0.00207. The number of nitrogens with one attached hydrogen (secondary N) is 1. The van der Waals surface area contributed by atoms with Crippen molar-refractivity contribution < 1.29 is 4.74 Å². The van der Waals surface area contributed by atoms with E-state index in [0.717, 1.165) is 6.54 Å². The molecule has 0 saturated heterocycles. The van der Waals surface area contributed by atoms with Gasteiger partial charge < -0.3 is 10.1 Å². The Labute approximate surface area is 92.6 Å². The van der Waals surface area contributed by atoms with Crippen molar-refractivity contribution in [3.05, 3.63) is 16.4 Å². The average Bonchev–Trinajstić information content (AvgIpc) is 2.12. The Morgan fingerprint density at radius 2 is 2.21 bits per heavy atom. The Morgan fingerprint density at radius 3 is 2.86 bits per heavy atom. The number of hydrogen-bond acceptors (Lipinski definition) is 4. The predicted molar refractivity (Wildman–Crippen MR) is 56.1 cm³/mol. The van der Waals surface area contributed by atoms with Crippen LogP contribution in [-0.2, 0) is 0 Å². The first kappa shape index (κ1) is 11.5. The largest absolute Gasteiger partial charge is 0.486 e. The molecule has 0 amide bonds. The van der Waals surface area contributed by atoms with E-state index in [1.54, 1.807) is 6.07 Å². The summed E-state index contributed by atoms with van der Waals surface area (Å²) in [5.41, 5.74) is 0. The number of nitrogens with zero attached hydrogens (tertiary/aromatic N) is 2. The lowest BCUT2D eigenvalue weighted by molar-refractivity contribution is 0.219. The molecule has 0 saturated carbocycles. The number of rotatable bonds is 4. The van der Waals surface area contributed by atoms with E-state index in [9.17, 15) is 0 Å². The quantitative estimate of drug-likeness (QED) is 0.865. The highest BCUT2D eigenvalue weighted by atomic mass is 35.5. The smallest absolute Gasteiger partial charge is 0.193 e. The van der Waals surface area contributed by atoms with Crippen LogP contribution in [0.2, 0.25) is 10.3 Å². The van der Waals surface area contributed by atoms with Gasteiger partial charge in [-0.15, -0.1) is 10.2 Å². The first-order valence-corrected chi connectivity index (χ1v) is 4.89. The van der Waals surface area contributed by atoms with E-state index < -0.39 is 0 Å². The molecule has 0 bridgehead atoms. The molecule has 1 N–H and O–H groups in total. The fraction of sp³-hybridized carbons (Fsp3) is 0.500. The molecule has 1 heterocycles. The third-order valence-electron chi connectivity index (χ3n) is 1.51. The van der Waals surface area contributed by atoms with Crippen LogP contribution in [0, 0.1) is 0 Å². The Bertz CT molecular complexity index is 309. The molecule has 4 nitrogen and oxygen atoms in total. The van der Waals surface area contributed by atoms with Gasteiger partial charge in [0.15, 0.2) is 16.1 Å². The van der Waals surface area contributed by atoms with Crippen molar-refractivity contribution in [3.8, 4) is 5.75 Å². The molecule has 0 spiro atoms. The van der Waals surface area contributed by atoms with E-state index in [0.29, 0.717) is 5.75 Å². The molecule has 1 aromatic rings. The van der Waals surface area contributed by atoms with E-state index in [1.165, 1.54) is 0 Å². The summed E-state index contributed by atoms with van der Waals surface area (Å²) in [5, 5.41) is 10.7. The molecule has 0 aromatic carbocycles. The van der Waals surface area contributed by atoms with Crippen LogP contribution in [0.1, 0.15) is 6.92 Å². The normalized spacial score (nSPS) is 12.6. The van der Waals surface area contributed by atoms with Gasteiger partial charge in [0, 0.05) is 12.6 Å². The molecule has 0 aliphatic carbocycles. The zero-order valence-electron chi connectivity index (χ0n) is 7.92. The summed E-state index contributed by atoms with van der Waals surface area (Å²) in [4.78, 5) is 0. The SMILES string of the molecule is CNCC(C)Oc1cc(Cl)nnc1Cl. The molecule has 0 aliphatic heterocycles. The van der Waals surface area contributed by atoms with Crippen molar-refractivity contribution in [2.45, 2.75) is 13.0 Å². The molecule has 1 unspecified atom stereocenters.